The van der Waals surface area contributed by atoms with Crippen LogP contribution in [0.4, 0.5) is 4.39 Å². The quantitative estimate of drug-likeness (QED) is 0.876. The van der Waals surface area contributed by atoms with E-state index in [-0.39, 0.29) is 16.8 Å². The number of carboxylic acids is 1. The Bertz CT molecular complexity index is 569. The van der Waals surface area contributed by atoms with E-state index in [0.29, 0.717) is 10.2 Å². The third-order valence-electron chi connectivity index (χ3n) is 3.31. The first-order valence-corrected chi connectivity index (χ1v) is 8.42. The lowest BCUT2D eigenvalue weighted by Gasteiger charge is -2.27. The van der Waals surface area contributed by atoms with Crippen LogP contribution in [0.1, 0.15) is 30.1 Å². The first-order chi connectivity index (χ1) is 9.95. The summed E-state index contributed by atoms with van der Waals surface area (Å²) in [4.78, 5) is 25.4. The largest absolute Gasteiger partial charge is 0.480 e. The van der Waals surface area contributed by atoms with Crippen LogP contribution in [0.5, 0.6) is 0 Å². The van der Waals surface area contributed by atoms with Gasteiger partial charge in [-0.15, -0.1) is 11.8 Å². The molecule has 2 atom stereocenters. The smallest absolute Gasteiger partial charge is 0.327 e. The molecule has 1 aromatic carbocycles. The summed E-state index contributed by atoms with van der Waals surface area (Å²) in [6.07, 6.45) is 1.59. The molecule has 1 aliphatic rings. The van der Waals surface area contributed by atoms with E-state index in [1.807, 2.05) is 6.92 Å². The Balaban J connectivity index is 2.34. The van der Waals surface area contributed by atoms with Crippen molar-refractivity contribution in [2.45, 2.75) is 31.2 Å². The minimum Gasteiger partial charge on any atom is -0.480 e. The molecule has 7 heteroatoms. The van der Waals surface area contributed by atoms with E-state index in [9.17, 15) is 19.1 Å². The number of hydrogen-bond donors (Lipinski definition) is 1. The third-order valence-corrected chi connectivity index (χ3v) is 5.32. The number of hydrogen-bond acceptors (Lipinski definition) is 3. The van der Waals surface area contributed by atoms with Gasteiger partial charge in [0.1, 0.15) is 11.9 Å². The number of amides is 1. The summed E-state index contributed by atoms with van der Waals surface area (Å²) in [6.45, 7) is 1.99. The molecule has 2 unspecified atom stereocenters. The molecule has 21 heavy (non-hydrogen) atoms. The van der Waals surface area contributed by atoms with Crippen LogP contribution in [0.15, 0.2) is 22.7 Å². The van der Waals surface area contributed by atoms with Gasteiger partial charge in [0.25, 0.3) is 5.91 Å². The predicted octanol–water partition coefficient (Wildman–Crippen LogP) is 3.36. The van der Waals surface area contributed by atoms with Gasteiger partial charge in [-0.1, -0.05) is 13.3 Å². The molecule has 2 rings (SSSR count). The number of carbonyl (C=O) groups excluding carboxylic acids is 1. The fraction of sp³-hybridized carbons (Fsp3) is 0.429. The zero-order chi connectivity index (χ0) is 15.6. The van der Waals surface area contributed by atoms with E-state index in [1.165, 1.54) is 34.9 Å². The topological polar surface area (TPSA) is 57.6 Å². The molecule has 0 saturated carbocycles. The van der Waals surface area contributed by atoms with Crippen LogP contribution in [0, 0.1) is 5.82 Å². The van der Waals surface area contributed by atoms with Crippen molar-refractivity contribution in [2.24, 2.45) is 0 Å². The van der Waals surface area contributed by atoms with Crippen molar-refractivity contribution < 1.29 is 19.1 Å². The van der Waals surface area contributed by atoms with Crippen LogP contribution in [0.25, 0.3) is 0 Å². The zero-order valence-electron chi connectivity index (χ0n) is 11.4. The maximum absolute atomic E-state index is 13.1. The van der Waals surface area contributed by atoms with Gasteiger partial charge in [-0.3, -0.25) is 4.79 Å². The van der Waals surface area contributed by atoms with Crippen LogP contribution in [-0.2, 0) is 4.79 Å². The number of carboxylic acid groups (broad SMARTS) is 1. The van der Waals surface area contributed by atoms with E-state index in [1.54, 1.807) is 0 Å². The molecule has 1 fully saturated rings. The molecule has 0 aromatic heterocycles. The summed E-state index contributed by atoms with van der Waals surface area (Å²) in [5.41, 5.74) is 0.284. The summed E-state index contributed by atoms with van der Waals surface area (Å²) in [7, 11) is 0. The summed E-state index contributed by atoms with van der Waals surface area (Å²) < 4.78 is 13.5. The lowest BCUT2D eigenvalue weighted by molar-refractivity contribution is -0.141. The summed E-state index contributed by atoms with van der Waals surface area (Å²) in [6, 6.07) is 2.95. The Morgan fingerprint density at radius 2 is 2.24 bits per heavy atom. The van der Waals surface area contributed by atoms with Crippen LogP contribution < -0.4 is 0 Å². The van der Waals surface area contributed by atoms with E-state index in [4.69, 9.17) is 0 Å². The minimum absolute atomic E-state index is 0.152. The van der Waals surface area contributed by atoms with E-state index in [2.05, 4.69) is 15.9 Å². The predicted molar refractivity (Wildman–Crippen MR) is 82.8 cm³/mol. The second-order valence-corrected chi connectivity index (χ2v) is 6.83. The molecule has 1 heterocycles. The second-order valence-electron chi connectivity index (χ2n) is 4.77. The van der Waals surface area contributed by atoms with Gasteiger partial charge in [0.15, 0.2) is 0 Å². The molecular weight excluding hydrogens is 361 g/mol. The molecule has 0 radical (unpaired) electrons. The number of thioether (sulfide) groups is 1. The number of aliphatic carboxylic acids is 1. The van der Waals surface area contributed by atoms with Crippen molar-refractivity contribution in [2.75, 3.05) is 5.75 Å². The average molecular weight is 376 g/mol. The van der Waals surface area contributed by atoms with E-state index >= 15 is 0 Å². The second kappa shape index (κ2) is 6.79. The lowest BCUT2D eigenvalue weighted by Crippen LogP contribution is -2.45. The summed E-state index contributed by atoms with van der Waals surface area (Å²) in [5.74, 6) is -1.45. The number of carbonyl (C=O) groups is 2. The molecule has 4 nitrogen and oxygen atoms in total. The average Bonchev–Trinajstić information content (AvgIpc) is 2.82. The van der Waals surface area contributed by atoms with Gasteiger partial charge >= 0.3 is 5.97 Å². The van der Waals surface area contributed by atoms with Crippen molar-refractivity contribution in [3.8, 4) is 0 Å². The fourth-order valence-corrected chi connectivity index (χ4v) is 4.33. The normalized spacial score (nSPS) is 21.6. The Morgan fingerprint density at radius 1 is 1.52 bits per heavy atom. The van der Waals surface area contributed by atoms with Gasteiger partial charge in [0, 0.05) is 10.2 Å². The highest BCUT2D eigenvalue weighted by molar-refractivity contribution is 9.10. The molecule has 114 valence electrons. The molecule has 1 saturated heterocycles. The van der Waals surface area contributed by atoms with Crippen LogP contribution in [-0.4, -0.2) is 39.1 Å². The monoisotopic (exact) mass is 375 g/mol. The number of benzene rings is 1. The van der Waals surface area contributed by atoms with Gasteiger partial charge in [0.05, 0.1) is 10.9 Å². The molecule has 0 spiro atoms. The molecule has 1 aliphatic heterocycles. The first-order valence-electron chi connectivity index (χ1n) is 6.57. The summed E-state index contributed by atoms with van der Waals surface area (Å²) in [5, 5.41) is 9.15. The van der Waals surface area contributed by atoms with Gasteiger partial charge in [0.2, 0.25) is 0 Å². The molecular formula is C14H15BrFNO3S. The standard InChI is InChI=1S/C14H15BrFNO3S/c1-2-3-12-17(11(7-21-12)14(19)20)13(18)9-5-4-8(16)6-10(9)15/h4-6,11-12H,2-3,7H2,1H3,(H,19,20). The molecule has 1 N–H and O–H groups in total. The zero-order valence-corrected chi connectivity index (χ0v) is 13.8. The van der Waals surface area contributed by atoms with E-state index in [0.717, 1.165) is 12.8 Å². The molecule has 0 aliphatic carbocycles. The molecule has 1 amide bonds. The van der Waals surface area contributed by atoms with Crippen molar-refractivity contribution in [1.29, 1.82) is 0 Å². The number of nitrogens with zero attached hydrogens (tertiary/aromatic N) is 1. The summed E-state index contributed by atoms with van der Waals surface area (Å²) >= 11 is 4.65. The van der Waals surface area contributed by atoms with E-state index < -0.39 is 17.8 Å². The Labute approximate surface area is 134 Å². The molecule has 1 aromatic rings. The van der Waals surface area contributed by atoms with Gasteiger partial charge in [-0.25, -0.2) is 9.18 Å². The van der Waals surface area contributed by atoms with Gasteiger partial charge in [-0.05, 0) is 40.5 Å². The lowest BCUT2D eigenvalue weighted by atomic mass is 10.1. The Hall–Kier alpha value is -1.08. The maximum atomic E-state index is 13.1. The number of halogens is 2. The number of rotatable bonds is 4. The fourth-order valence-electron chi connectivity index (χ4n) is 2.30. The van der Waals surface area contributed by atoms with Gasteiger partial charge < -0.3 is 10.0 Å². The minimum atomic E-state index is -1.01. The highest BCUT2D eigenvalue weighted by Gasteiger charge is 2.41. The van der Waals surface area contributed by atoms with Crippen molar-refractivity contribution >= 4 is 39.6 Å². The third kappa shape index (κ3) is 3.40. The van der Waals surface area contributed by atoms with Crippen LogP contribution >= 0.6 is 27.7 Å². The van der Waals surface area contributed by atoms with Crippen molar-refractivity contribution in [3.63, 3.8) is 0 Å². The first kappa shape index (κ1) is 16.3. The highest BCUT2D eigenvalue weighted by atomic mass is 79.9. The van der Waals surface area contributed by atoms with Crippen LogP contribution in [0.2, 0.25) is 0 Å². The molecule has 0 bridgehead atoms. The maximum Gasteiger partial charge on any atom is 0.327 e. The van der Waals surface area contributed by atoms with Crippen molar-refractivity contribution in [1.82, 2.24) is 4.90 Å². The Morgan fingerprint density at radius 3 is 2.81 bits per heavy atom. The van der Waals surface area contributed by atoms with Crippen LogP contribution in [0.3, 0.4) is 0 Å². The van der Waals surface area contributed by atoms with Gasteiger partial charge in [-0.2, -0.15) is 0 Å². The highest BCUT2D eigenvalue weighted by Crippen LogP contribution is 2.34. The SMILES string of the molecule is CCCC1SCC(C(=O)O)N1C(=O)c1ccc(F)cc1Br. The Kier molecular flexibility index (Phi) is 5.27. The van der Waals surface area contributed by atoms with Crippen molar-refractivity contribution in [3.05, 3.63) is 34.1 Å².